The summed E-state index contributed by atoms with van der Waals surface area (Å²) in [5.74, 6) is 0.276. The maximum Gasteiger partial charge on any atom is 0.168 e. The molecule has 7 heteroatoms. The van der Waals surface area contributed by atoms with Gasteiger partial charge in [0.25, 0.3) is 0 Å². The fourth-order valence-electron chi connectivity index (χ4n) is 3.12. The molecule has 0 amide bonds. The first-order chi connectivity index (χ1) is 13.6. The van der Waals surface area contributed by atoms with E-state index < -0.39 is 5.82 Å². The predicted octanol–water partition coefficient (Wildman–Crippen LogP) is 3.78. The van der Waals surface area contributed by atoms with Crippen molar-refractivity contribution in [3.05, 3.63) is 66.1 Å². The van der Waals surface area contributed by atoms with Gasteiger partial charge in [-0.25, -0.2) is 4.39 Å². The van der Waals surface area contributed by atoms with Gasteiger partial charge in [-0.3, -0.25) is 14.6 Å². The number of pyridine rings is 2. The Hall–Kier alpha value is -3.48. The van der Waals surface area contributed by atoms with E-state index in [0.29, 0.717) is 17.7 Å². The molecule has 0 saturated carbocycles. The van der Waals surface area contributed by atoms with E-state index in [-0.39, 0.29) is 5.75 Å². The lowest BCUT2D eigenvalue weighted by Crippen LogP contribution is -2.00. The van der Waals surface area contributed by atoms with Crippen molar-refractivity contribution < 1.29 is 13.9 Å². The van der Waals surface area contributed by atoms with E-state index in [1.54, 1.807) is 29.3 Å². The van der Waals surface area contributed by atoms with Crippen LogP contribution in [0.15, 0.2) is 49.1 Å². The van der Waals surface area contributed by atoms with Gasteiger partial charge in [0.2, 0.25) is 0 Å². The van der Waals surface area contributed by atoms with Gasteiger partial charge < -0.3 is 9.47 Å². The van der Waals surface area contributed by atoms with E-state index in [1.165, 1.54) is 20.3 Å². The maximum atomic E-state index is 14.6. The van der Waals surface area contributed by atoms with Crippen LogP contribution in [0.2, 0.25) is 0 Å². The molecule has 4 rings (SSSR count). The zero-order chi connectivity index (χ0) is 19.7. The second-order valence-electron chi connectivity index (χ2n) is 6.47. The minimum absolute atomic E-state index is 0.149. The van der Waals surface area contributed by atoms with Gasteiger partial charge in [0.15, 0.2) is 11.6 Å². The van der Waals surface area contributed by atoms with Crippen molar-refractivity contribution in [2.24, 2.45) is 7.05 Å². The van der Waals surface area contributed by atoms with E-state index in [2.05, 4.69) is 15.1 Å². The van der Waals surface area contributed by atoms with Gasteiger partial charge in [-0.2, -0.15) is 5.10 Å². The van der Waals surface area contributed by atoms with Crippen LogP contribution in [-0.4, -0.2) is 34.0 Å². The van der Waals surface area contributed by atoms with Gasteiger partial charge in [-0.1, -0.05) is 0 Å². The SMILES string of the molecule is COc1cc(Cc2cc3cc(-c4cnn(C)c4)cnc3cn2)c(F)c(OC)c1. The molecule has 0 aliphatic heterocycles. The molecule has 0 radical (unpaired) electrons. The summed E-state index contributed by atoms with van der Waals surface area (Å²) < 4.78 is 26.7. The molecule has 0 spiro atoms. The number of aryl methyl sites for hydroxylation is 1. The van der Waals surface area contributed by atoms with Gasteiger partial charge in [0.1, 0.15) is 5.75 Å². The van der Waals surface area contributed by atoms with Gasteiger partial charge in [-0.15, -0.1) is 0 Å². The topological polar surface area (TPSA) is 62.1 Å². The third-order valence-electron chi connectivity index (χ3n) is 4.58. The normalized spacial score (nSPS) is 11.0. The van der Waals surface area contributed by atoms with Crippen LogP contribution in [0.5, 0.6) is 11.5 Å². The quantitative estimate of drug-likeness (QED) is 0.529. The van der Waals surface area contributed by atoms with E-state index >= 15 is 0 Å². The number of nitrogens with zero attached hydrogens (tertiary/aromatic N) is 4. The predicted molar refractivity (Wildman–Crippen MR) is 104 cm³/mol. The summed E-state index contributed by atoms with van der Waals surface area (Å²) in [7, 11) is 4.84. The Kier molecular flexibility index (Phi) is 4.65. The Labute approximate surface area is 161 Å². The second kappa shape index (κ2) is 7.26. The maximum absolute atomic E-state index is 14.6. The van der Waals surface area contributed by atoms with E-state index in [4.69, 9.17) is 9.47 Å². The van der Waals surface area contributed by atoms with Crippen molar-refractivity contribution in [2.75, 3.05) is 14.2 Å². The average Bonchev–Trinajstić information content (AvgIpc) is 3.15. The first-order valence-electron chi connectivity index (χ1n) is 8.71. The Morgan fingerprint density at radius 1 is 0.964 bits per heavy atom. The Bertz CT molecular complexity index is 1160. The second-order valence-corrected chi connectivity index (χ2v) is 6.47. The van der Waals surface area contributed by atoms with E-state index in [9.17, 15) is 4.39 Å². The molecule has 28 heavy (non-hydrogen) atoms. The first-order valence-corrected chi connectivity index (χ1v) is 8.71. The van der Waals surface area contributed by atoms with Crippen molar-refractivity contribution in [3.8, 4) is 22.6 Å². The summed E-state index contributed by atoms with van der Waals surface area (Å²) in [4.78, 5) is 8.91. The zero-order valence-corrected chi connectivity index (χ0v) is 15.8. The standard InChI is InChI=1S/C21H19FN4O2/c1-26-12-16(10-25-26)15-4-13-5-17(23-11-19(13)24-9-15)6-14-7-18(27-2)8-20(28-3)21(14)22/h4-5,7-12H,6H2,1-3H3. The smallest absolute Gasteiger partial charge is 0.168 e. The molecule has 6 nitrogen and oxygen atoms in total. The summed E-state index contributed by atoms with van der Waals surface area (Å²) in [6.45, 7) is 0. The van der Waals surface area contributed by atoms with Gasteiger partial charge in [0.05, 0.1) is 32.1 Å². The minimum Gasteiger partial charge on any atom is -0.497 e. The van der Waals surface area contributed by atoms with Crippen molar-refractivity contribution >= 4 is 10.9 Å². The average molecular weight is 378 g/mol. The highest BCUT2D eigenvalue weighted by atomic mass is 19.1. The third-order valence-corrected chi connectivity index (χ3v) is 4.58. The molecule has 3 heterocycles. The monoisotopic (exact) mass is 378 g/mol. The van der Waals surface area contributed by atoms with Gasteiger partial charge in [-0.05, 0) is 18.2 Å². The molecule has 0 atom stereocenters. The molecule has 0 fully saturated rings. The van der Waals surface area contributed by atoms with Crippen LogP contribution >= 0.6 is 0 Å². The molecule has 0 N–H and O–H groups in total. The van der Waals surface area contributed by atoms with Crippen LogP contribution in [0.1, 0.15) is 11.3 Å². The summed E-state index contributed by atoms with van der Waals surface area (Å²) in [6.07, 6.45) is 7.54. The number of halogens is 1. The Morgan fingerprint density at radius 3 is 2.54 bits per heavy atom. The Balaban J connectivity index is 1.72. The number of ether oxygens (including phenoxy) is 2. The van der Waals surface area contributed by atoms with Gasteiger partial charge >= 0.3 is 0 Å². The Morgan fingerprint density at radius 2 is 1.82 bits per heavy atom. The summed E-state index contributed by atoms with van der Waals surface area (Å²) >= 11 is 0. The lowest BCUT2D eigenvalue weighted by molar-refractivity contribution is 0.371. The molecule has 0 unspecified atom stereocenters. The number of fused-ring (bicyclic) bond motifs is 1. The molecule has 1 aromatic carbocycles. The molecular formula is C21H19FN4O2. The fourth-order valence-corrected chi connectivity index (χ4v) is 3.12. The van der Waals surface area contributed by atoms with Crippen LogP contribution in [0.3, 0.4) is 0 Å². The number of aromatic nitrogens is 4. The summed E-state index contributed by atoms with van der Waals surface area (Å²) in [5.41, 5.74) is 3.91. The van der Waals surface area contributed by atoms with Crippen molar-refractivity contribution in [3.63, 3.8) is 0 Å². The van der Waals surface area contributed by atoms with E-state index in [0.717, 1.165) is 27.7 Å². The van der Waals surface area contributed by atoms with Crippen LogP contribution in [-0.2, 0) is 13.5 Å². The van der Waals surface area contributed by atoms with Crippen LogP contribution in [0.4, 0.5) is 4.39 Å². The fraction of sp³-hybridized carbons (Fsp3) is 0.190. The van der Waals surface area contributed by atoms with Gasteiger partial charge in [0, 0.05) is 59.7 Å². The van der Waals surface area contributed by atoms with Crippen molar-refractivity contribution in [2.45, 2.75) is 6.42 Å². The number of hydrogen-bond acceptors (Lipinski definition) is 5. The molecule has 0 aliphatic carbocycles. The molecule has 0 aliphatic rings. The van der Waals surface area contributed by atoms with Crippen LogP contribution < -0.4 is 9.47 Å². The lowest BCUT2D eigenvalue weighted by atomic mass is 10.0. The lowest BCUT2D eigenvalue weighted by Gasteiger charge is -2.11. The minimum atomic E-state index is -0.410. The van der Waals surface area contributed by atoms with E-state index in [1.807, 2.05) is 25.4 Å². The highest BCUT2D eigenvalue weighted by molar-refractivity contribution is 5.83. The number of rotatable bonds is 5. The first kappa shape index (κ1) is 17.9. The van der Waals surface area contributed by atoms with Crippen molar-refractivity contribution in [1.29, 1.82) is 0 Å². The molecule has 3 aromatic heterocycles. The number of methoxy groups -OCH3 is 2. The zero-order valence-electron chi connectivity index (χ0n) is 15.8. The molecule has 0 bridgehead atoms. The summed E-state index contributed by atoms with van der Waals surface area (Å²) in [6, 6.07) is 7.14. The molecular weight excluding hydrogens is 359 g/mol. The largest absolute Gasteiger partial charge is 0.497 e. The van der Waals surface area contributed by atoms with Crippen LogP contribution in [0.25, 0.3) is 22.0 Å². The number of benzene rings is 1. The molecule has 142 valence electrons. The number of hydrogen-bond donors (Lipinski definition) is 0. The molecule has 4 aromatic rings. The van der Waals surface area contributed by atoms with Crippen molar-refractivity contribution in [1.82, 2.24) is 19.7 Å². The van der Waals surface area contributed by atoms with Crippen LogP contribution in [0, 0.1) is 5.82 Å². The summed E-state index contributed by atoms with van der Waals surface area (Å²) in [5, 5.41) is 5.13. The highest BCUT2D eigenvalue weighted by Gasteiger charge is 2.14. The third kappa shape index (κ3) is 3.38. The highest BCUT2D eigenvalue weighted by Crippen LogP contribution is 2.29. The molecule has 0 saturated heterocycles.